The van der Waals surface area contributed by atoms with Gasteiger partial charge in [-0.1, -0.05) is 11.6 Å². The molecule has 1 aromatic carbocycles. The van der Waals surface area contributed by atoms with Gasteiger partial charge >= 0.3 is 0 Å². The van der Waals surface area contributed by atoms with Crippen molar-refractivity contribution in [3.8, 4) is 12.1 Å². The van der Waals surface area contributed by atoms with Gasteiger partial charge in [-0.3, -0.25) is 0 Å². The van der Waals surface area contributed by atoms with E-state index in [1.165, 1.54) is 12.1 Å². The summed E-state index contributed by atoms with van der Waals surface area (Å²) in [6.07, 6.45) is 1.28. The lowest BCUT2D eigenvalue weighted by molar-refractivity contribution is 0.627. The summed E-state index contributed by atoms with van der Waals surface area (Å²) in [5, 5.41) is 17.0. The molecule has 1 rings (SSSR count). The van der Waals surface area contributed by atoms with Gasteiger partial charge in [-0.25, -0.2) is 4.39 Å². The topological polar surface area (TPSA) is 47.6 Å². The van der Waals surface area contributed by atoms with E-state index in [0.29, 0.717) is 10.0 Å². The fraction of sp³-hybridized carbons (Fsp3) is 0. The monoisotopic (exact) mass is 284 g/mol. The van der Waals surface area contributed by atoms with Crippen LogP contribution in [0, 0.1) is 28.5 Å². The molecule has 74 valence electrons. The normalized spacial score (nSPS) is 8.87. The van der Waals surface area contributed by atoms with E-state index in [9.17, 15) is 4.39 Å². The lowest BCUT2D eigenvalue weighted by Gasteiger charge is -1.99. The van der Waals surface area contributed by atoms with Crippen LogP contribution in [0.25, 0.3) is 6.08 Å². The molecule has 1 aromatic rings. The maximum absolute atomic E-state index is 13.1. The van der Waals surface area contributed by atoms with Crippen molar-refractivity contribution < 1.29 is 4.39 Å². The first-order chi connectivity index (χ1) is 7.08. The van der Waals surface area contributed by atoms with Gasteiger partial charge < -0.3 is 0 Å². The Labute approximate surface area is 99.3 Å². The summed E-state index contributed by atoms with van der Waals surface area (Å²) in [6, 6.07) is 6.05. The highest BCUT2D eigenvalue weighted by Crippen LogP contribution is 2.27. The highest BCUT2D eigenvalue weighted by atomic mass is 79.9. The van der Waals surface area contributed by atoms with Crippen LogP contribution in [0.15, 0.2) is 22.2 Å². The van der Waals surface area contributed by atoms with Crippen LogP contribution in [-0.2, 0) is 0 Å². The van der Waals surface area contributed by atoms with E-state index in [1.807, 2.05) is 0 Å². The van der Waals surface area contributed by atoms with Crippen molar-refractivity contribution in [1.82, 2.24) is 0 Å². The van der Waals surface area contributed by atoms with Gasteiger partial charge in [0.1, 0.15) is 23.5 Å². The van der Waals surface area contributed by atoms with Gasteiger partial charge in [0, 0.05) is 4.47 Å². The zero-order valence-electron chi connectivity index (χ0n) is 7.26. The Bertz CT molecular complexity index is 472. The predicted molar refractivity (Wildman–Crippen MR) is 58.3 cm³/mol. The second-order valence-electron chi connectivity index (χ2n) is 2.58. The Balaban J connectivity index is 3.26. The van der Waals surface area contributed by atoms with Crippen LogP contribution in [0.2, 0.25) is 5.02 Å². The minimum absolute atomic E-state index is 0.0254. The van der Waals surface area contributed by atoms with Crippen molar-refractivity contribution in [2.24, 2.45) is 0 Å². The van der Waals surface area contributed by atoms with E-state index in [2.05, 4.69) is 15.9 Å². The number of benzene rings is 1. The average molecular weight is 286 g/mol. The quantitative estimate of drug-likeness (QED) is 0.584. The predicted octanol–water partition coefficient (Wildman–Crippen LogP) is 3.67. The first kappa shape index (κ1) is 11.7. The molecule has 0 aliphatic carbocycles. The van der Waals surface area contributed by atoms with Crippen LogP contribution in [0.1, 0.15) is 5.56 Å². The van der Waals surface area contributed by atoms with E-state index in [-0.39, 0.29) is 10.6 Å². The van der Waals surface area contributed by atoms with Crippen LogP contribution in [0.5, 0.6) is 0 Å². The number of allylic oxidation sites excluding steroid dienone is 1. The fourth-order valence-corrected chi connectivity index (χ4v) is 1.48. The smallest absolute Gasteiger partial charge is 0.143 e. The maximum Gasteiger partial charge on any atom is 0.143 e. The second kappa shape index (κ2) is 4.93. The average Bonchev–Trinajstić information content (AvgIpc) is 2.22. The summed E-state index contributed by atoms with van der Waals surface area (Å²) in [5.74, 6) is -0.604. The largest absolute Gasteiger partial charge is 0.205 e. The Hall–Kier alpha value is -1.36. The first-order valence-corrected chi connectivity index (χ1v) is 4.92. The Morgan fingerprint density at radius 1 is 1.40 bits per heavy atom. The van der Waals surface area contributed by atoms with Crippen molar-refractivity contribution in [2.45, 2.75) is 0 Å². The van der Waals surface area contributed by atoms with E-state index in [1.54, 1.807) is 12.1 Å². The third kappa shape index (κ3) is 2.79. The molecule has 5 heteroatoms. The molecule has 0 aliphatic rings. The molecule has 0 bridgehead atoms. The molecule has 0 aromatic heterocycles. The molecule has 0 unspecified atom stereocenters. The summed E-state index contributed by atoms with van der Waals surface area (Å²) in [7, 11) is 0. The molecule has 0 N–H and O–H groups in total. The molecule has 0 radical (unpaired) electrons. The highest BCUT2D eigenvalue weighted by Gasteiger charge is 2.06. The molecule has 0 fully saturated rings. The molecule has 0 amide bonds. The maximum atomic E-state index is 13.1. The number of halogens is 3. The molecule has 0 heterocycles. The molecular formula is C10H3BrClFN2. The van der Waals surface area contributed by atoms with E-state index in [4.69, 9.17) is 22.1 Å². The lowest BCUT2D eigenvalue weighted by atomic mass is 10.1. The zero-order chi connectivity index (χ0) is 11.4. The van der Waals surface area contributed by atoms with Crippen molar-refractivity contribution in [2.75, 3.05) is 0 Å². The standard InChI is InChI=1S/C10H3BrClFN2/c11-8-2-6(1-7(4-14)5-15)3-9(13)10(8)12/h1-3H. The van der Waals surface area contributed by atoms with E-state index >= 15 is 0 Å². The Kier molecular flexibility index (Phi) is 3.85. The third-order valence-corrected chi connectivity index (χ3v) is 2.80. The van der Waals surface area contributed by atoms with Crippen LogP contribution in [-0.4, -0.2) is 0 Å². The van der Waals surface area contributed by atoms with Crippen molar-refractivity contribution in [1.29, 1.82) is 10.5 Å². The van der Waals surface area contributed by atoms with Gasteiger partial charge in [0.05, 0.1) is 5.02 Å². The van der Waals surface area contributed by atoms with E-state index < -0.39 is 5.82 Å². The number of hydrogen-bond acceptors (Lipinski definition) is 2. The molecule has 0 atom stereocenters. The molecule has 2 nitrogen and oxygen atoms in total. The van der Waals surface area contributed by atoms with Crippen molar-refractivity contribution >= 4 is 33.6 Å². The Morgan fingerprint density at radius 3 is 2.47 bits per heavy atom. The van der Waals surface area contributed by atoms with Gasteiger partial charge in [0.2, 0.25) is 0 Å². The molecular weight excluding hydrogens is 282 g/mol. The van der Waals surface area contributed by atoms with Gasteiger partial charge in [-0.05, 0) is 39.7 Å². The van der Waals surface area contributed by atoms with Crippen LogP contribution < -0.4 is 0 Å². The van der Waals surface area contributed by atoms with Gasteiger partial charge in [-0.2, -0.15) is 10.5 Å². The summed E-state index contributed by atoms with van der Waals surface area (Å²) in [4.78, 5) is 0. The minimum atomic E-state index is -0.604. The van der Waals surface area contributed by atoms with Crippen LogP contribution in [0.4, 0.5) is 4.39 Å². The number of rotatable bonds is 1. The fourth-order valence-electron chi connectivity index (χ4n) is 0.915. The SMILES string of the molecule is N#CC(C#N)=Cc1cc(F)c(Cl)c(Br)c1. The zero-order valence-corrected chi connectivity index (χ0v) is 9.60. The lowest BCUT2D eigenvalue weighted by Crippen LogP contribution is -1.83. The first-order valence-electron chi connectivity index (χ1n) is 3.75. The number of nitrogens with zero attached hydrogens (tertiary/aromatic N) is 2. The van der Waals surface area contributed by atoms with Gasteiger partial charge in [-0.15, -0.1) is 0 Å². The summed E-state index contributed by atoms with van der Waals surface area (Å²) in [6.45, 7) is 0. The van der Waals surface area contributed by atoms with Crippen molar-refractivity contribution in [3.05, 3.63) is 38.6 Å². The molecule has 15 heavy (non-hydrogen) atoms. The van der Waals surface area contributed by atoms with E-state index in [0.717, 1.165) is 6.07 Å². The van der Waals surface area contributed by atoms with Crippen LogP contribution in [0.3, 0.4) is 0 Å². The third-order valence-electron chi connectivity index (χ3n) is 1.56. The molecule has 0 saturated heterocycles. The minimum Gasteiger partial charge on any atom is -0.205 e. The van der Waals surface area contributed by atoms with Crippen LogP contribution >= 0.6 is 27.5 Å². The summed E-state index contributed by atoms with van der Waals surface area (Å²) < 4.78 is 13.5. The van der Waals surface area contributed by atoms with Crippen molar-refractivity contribution in [3.63, 3.8) is 0 Å². The Morgan fingerprint density at radius 2 is 2.00 bits per heavy atom. The highest BCUT2D eigenvalue weighted by molar-refractivity contribution is 9.10. The summed E-state index contributed by atoms with van der Waals surface area (Å²) >= 11 is 8.64. The van der Waals surface area contributed by atoms with Gasteiger partial charge in [0.25, 0.3) is 0 Å². The number of nitriles is 2. The summed E-state index contributed by atoms with van der Waals surface area (Å²) in [5.41, 5.74) is 0.311. The second-order valence-corrected chi connectivity index (χ2v) is 3.81. The molecule has 0 spiro atoms. The number of hydrogen-bond donors (Lipinski definition) is 0. The molecule has 0 aliphatic heterocycles. The van der Waals surface area contributed by atoms with Gasteiger partial charge in [0.15, 0.2) is 0 Å². The molecule has 0 saturated carbocycles.